The molecule has 8 nitrogen and oxygen atoms in total. The highest BCUT2D eigenvalue weighted by Crippen LogP contribution is 2.34. The number of anilines is 1. The van der Waals surface area contributed by atoms with E-state index in [-0.39, 0.29) is 24.1 Å². The fraction of sp³-hybridized carbons (Fsp3) is 0.368. The van der Waals surface area contributed by atoms with E-state index in [4.69, 9.17) is 0 Å². The van der Waals surface area contributed by atoms with Crippen LogP contribution in [0.15, 0.2) is 35.5 Å². The van der Waals surface area contributed by atoms with Crippen molar-refractivity contribution in [3.8, 4) is 0 Å². The fourth-order valence-electron chi connectivity index (χ4n) is 4.13. The van der Waals surface area contributed by atoms with Crippen molar-refractivity contribution in [2.45, 2.75) is 31.8 Å². The number of rotatable bonds is 0. The van der Waals surface area contributed by atoms with E-state index >= 15 is 0 Å². The predicted octanol–water partition coefficient (Wildman–Crippen LogP) is 1.68. The van der Waals surface area contributed by atoms with Crippen LogP contribution < -0.4 is 15.8 Å². The minimum absolute atomic E-state index is 0.188. The molecule has 0 radical (unpaired) electrons. The lowest BCUT2D eigenvalue weighted by Crippen LogP contribution is -2.36. The molecule has 1 amide bonds. The Hall–Kier alpha value is -3.23. The number of pyridine rings is 1. The Bertz CT molecular complexity index is 1150. The molecule has 4 bridgehead atoms. The molecular weight excluding hydrogens is 363 g/mol. The van der Waals surface area contributed by atoms with E-state index in [1.54, 1.807) is 23.7 Å². The third-order valence-corrected chi connectivity index (χ3v) is 5.58. The van der Waals surface area contributed by atoms with Gasteiger partial charge in [0.2, 0.25) is 0 Å². The summed E-state index contributed by atoms with van der Waals surface area (Å²) in [7, 11) is 0. The Morgan fingerprint density at radius 1 is 1.32 bits per heavy atom. The first-order chi connectivity index (χ1) is 13.5. The second kappa shape index (κ2) is 6.15. The first-order valence-corrected chi connectivity index (χ1v) is 9.34. The van der Waals surface area contributed by atoms with E-state index in [0.29, 0.717) is 29.1 Å². The summed E-state index contributed by atoms with van der Waals surface area (Å²) in [6, 6.07) is 2.48. The van der Waals surface area contributed by atoms with Gasteiger partial charge in [0, 0.05) is 31.0 Å². The molecular formula is C19H19FN6O2. The van der Waals surface area contributed by atoms with Gasteiger partial charge in [0.1, 0.15) is 17.2 Å². The SMILES string of the molecule is CC1CNC(=O)c2cnn3ccc(nc23)N2CCCC2c2cc(F)cn1c2=O. The highest BCUT2D eigenvalue weighted by Gasteiger charge is 2.31. The van der Waals surface area contributed by atoms with E-state index in [1.807, 2.05) is 4.90 Å². The van der Waals surface area contributed by atoms with Crippen LogP contribution in [0.4, 0.5) is 10.2 Å². The summed E-state index contributed by atoms with van der Waals surface area (Å²) in [5.74, 6) is -0.144. The maximum Gasteiger partial charge on any atom is 0.256 e. The average molecular weight is 382 g/mol. The van der Waals surface area contributed by atoms with Crippen LogP contribution >= 0.6 is 0 Å². The van der Waals surface area contributed by atoms with Gasteiger partial charge in [0.15, 0.2) is 5.65 Å². The molecule has 0 aliphatic carbocycles. The molecule has 2 aliphatic rings. The van der Waals surface area contributed by atoms with Gasteiger partial charge in [-0.05, 0) is 31.9 Å². The topological polar surface area (TPSA) is 84.5 Å². The number of carbonyl (C=O) groups is 1. The van der Waals surface area contributed by atoms with Crippen LogP contribution in [0.1, 0.15) is 47.8 Å². The van der Waals surface area contributed by atoms with E-state index < -0.39 is 11.9 Å². The third kappa shape index (κ3) is 2.49. The first kappa shape index (κ1) is 16.9. The molecule has 5 rings (SSSR count). The highest BCUT2D eigenvalue weighted by atomic mass is 19.1. The summed E-state index contributed by atoms with van der Waals surface area (Å²) in [6.45, 7) is 2.67. The molecule has 1 saturated heterocycles. The number of nitrogens with zero attached hydrogens (tertiary/aromatic N) is 5. The van der Waals surface area contributed by atoms with Crippen LogP contribution in [0, 0.1) is 5.82 Å². The van der Waals surface area contributed by atoms with Crippen LogP contribution in [0.2, 0.25) is 0 Å². The standard InChI is InChI=1S/C19H19FN6O2/c1-11-8-21-18(27)14-9-22-26-6-4-16(23-17(14)26)24-5-2-3-15(24)13-7-12(20)10-25(11)19(13)28/h4,6-7,9-11,15H,2-3,5,8H2,1H3,(H,21,27). The summed E-state index contributed by atoms with van der Waals surface area (Å²) in [6.07, 6.45) is 6.05. The van der Waals surface area contributed by atoms with Gasteiger partial charge in [-0.15, -0.1) is 0 Å². The molecule has 5 heterocycles. The smallest absolute Gasteiger partial charge is 0.256 e. The van der Waals surface area contributed by atoms with Crippen molar-refractivity contribution in [1.82, 2.24) is 24.5 Å². The lowest BCUT2D eigenvalue weighted by molar-refractivity contribution is 0.0950. The highest BCUT2D eigenvalue weighted by molar-refractivity contribution is 5.99. The molecule has 2 unspecified atom stereocenters. The third-order valence-electron chi connectivity index (χ3n) is 5.58. The monoisotopic (exact) mass is 382 g/mol. The minimum Gasteiger partial charge on any atom is -0.350 e. The van der Waals surface area contributed by atoms with Gasteiger partial charge in [-0.2, -0.15) is 5.10 Å². The van der Waals surface area contributed by atoms with Gasteiger partial charge in [-0.25, -0.2) is 13.9 Å². The molecule has 2 aliphatic heterocycles. The lowest BCUT2D eigenvalue weighted by atomic mass is 10.1. The Morgan fingerprint density at radius 2 is 2.18 bits per heavy atom. The van der Waals surface area contributed by atoms with E-state index in [2.05, 4.69) is 15.4 Å². The molecule has 0 saturated carbocycles. The molecule has 1 fully saturated rings. The van der Waals surface area contributed by atoms with Crippen molar-refractivity contribution >= 4 is 17.4 Å². The number of halogens is 1. The molecule has 144 valence electrons. The Labute approximate surface area is 159 Å². The maximum atomic E-state index is 14.4. The second-order valence-electron chi connectivity index (χ2n) is 7.35. The van der Waals surface area contributed by atoms with Crippen molar-refractivity contribution in [2.75, 3.05) is 18.0 Å². The fourth-order valence-corrected chi connectivity index (χ4v) is 4.13. The number of hydrogen-bond acceptors (Lipinski definition) is 5. The summed E-state index contributed by atoms with van der Waals surface area (Å²) in [5.41, 5.74) is 1.02. The molecule has 1 N–H and O–H groups in total. The number of carbonyl (C=O) groups excluding carboxylic acids is 1. The van der Waals surface area contributed by atoms with Gasteiger partial charge in [0.05, 0.1) is 18.3 Å². The van der Waals surface area contributed by atoms with Gasteiger partial charge >= 0.3 is 0 Å². The first-order valence-electron chi connectivity index (χ1n) is 9.34. The van der Waals surface area contributed by atoms with Crippen molar-refractivity contribution in [3.63, 3.8) is 0 Å². The van der Waals surface area contributed by atoms with Gasteiger partial charge in [0.25, 0.3) is 11.5 Å². The van der Waals surface area contributed by atoms with E-state index in [0.717, 1.165) is 12.8 Å². The van der Waals surface area contributed by atoms with Crippen LogP contribution in [-0.2, 0) is 0 Å². The van der Waals surface area contributed by atoms with Gasteiger partial charge in [-0.1, -0.05) is 0 Å². The summed E-state index contributed by atoms with van der Waals surface area (Å²) < 4.78 is 17.3. The molecule has 3 aromatic rings. The van der Waals surface area contributed by atoms with E-state index in [9.17, 15) is 14.0 Å². The zero-order valence-corrected chi connectivity index (χ0v) is 15.3. The molecule has 9 heteroatoms. The average Bonchev–Trinajstić information content (AvgIpc) is 3.33. The summed E-state index contributed by atoms with van der Waals surface area (Å²) in [4.78, 5) is 32.4. The van der Waals surface area contributed by atoms with Gasteiger partial charge in [-0.3, -0.25) is 9.59 Å². The number of aromatic nitrogens is 4. The Morgan fingerprint density at radius 3 is 3.04 bits per heavy atom. The minimum atomic E-state index is -0.463. The van der Waals surface area contributed by atoms with Crippen LogP contribution in [0.3, 0.4) is 0 Å². The van der Waals surface area contributed by atoms with E-state index in [1.165, 1.54) is 23.0 Å². The maximum absolute atomic E-state index is 14.4. The predicted molar refractivity (Wildman–Crippen MR) is 100 cm³/mol. The van der Waals surface area contributed by atoms with Crippen LogP contribution in [-0.4, -0.2) is 38.2 Å². The number of hydrogen-bond donors (Lipinski definition) is 1. The Kier molecular flexibility index (Phi) is 3.71. The second-order valence-corrected chi connectivity index (χ2v) is 7.35. The normalized spacial score (nSPS) is 21.8. The lowest BCUT2D eigenvalue weighted by Gasteiger charge is -2.26. The quantitative estimate of drug-likeness (QED) is 0.639. The number of fused-ring (bicyclic) bond motifs is 6. The van der Waals surface area contributed by atoms with Crippen molar-refractivity contribution < 1.29 is 9.18 Å². The molecule has 2 atom stereocenters. The summed E-state index contributed by atoms with van der Waals surface area (Å²) in [5, 5.41) is 7.01. The zero-order valence-electron chi connectivity index (χ0n) is 15.3. The van der Waals surface area contributed by atoms with Crippen LogP contribution in [0.5, 0.6) is 0 Å². The Balaban J connectivity index is 1.75. The number of nitrogens with one attached hydrogen (secondary N) is 1. The number of amides is 1. The van der Waals surface area contributed by atoms with Crippen molar-refractivity contribution in [1.29, 1.82) is 0 Å². The largest absolute Gasteiger partial charge is 0.350 e. The van der Waals surface area contributed by atoms with Crippen molar-refractivity contribution in [2.24, 2.45) is 0 Å². The van der Waals surface area contributed by atoms with Crippen molar-refractivity contribution in [3.05, 3.63) is 58.0 Å². The molecule has 3 aromatic heterocycles. The molecule has 0 aromatic carbocycles. The summed E-state index contributed by atoms with van der Waals surface area (Å²) >= 11 is 0. The van der Waals surface area contributed by atoms with Crippen LogP contribution in [0.25, 0.3) is 5.65 Å². The molecule has 28 heavy (non-hydrogen) atoms. The van der Waals surface area contributed by atoms with Gasteiger partial charge < -0.3 is 14.8 Å². The molecule has 0 spiro atoms. The zero-order chi connectivity index (χ0) is 19.4.